The van der Waals surface area contributed by atoms with Crippen LogP contribution in [-0.4, -0.2) is 11.7 Å². The van der Waals surface area contributed by atoms with Crippen LogP contribution in [0.3, 0.4) is 0 Å². The molecule has 0 saturated heterocycles. The van der Waals surface area contributed by atoms with Gasteiger partial charge in [0.15, 0.2) is 0 Å². The molecule has 0 saturated carbocycles. The molecule has 0 unspecified atom stereocenters. The van der Waals surface area contributed by atoms with E-state index in [1.807, 2.05) is 69.3 Å². The number of hydrogen-bond acceptors (Lipinski definition) is 3. The van der Waals surface area contributed by atoms with Gasteiger partial charge in [-0.05, 0) is 66.8 Å². The van der Waals surface area contributed by atoms with Gasteiger partial charge in [-0.2, -0.15) is 5.01 Å². The molecule has 0 fully saturated rings. The van der Waals surface area contributed by atoms with Crippen molar-refractivity contribution in [2.75, 3.05) is 10.4 Å². The van der Waals surface area contributed by atoms with Crippen molar-refractivity contribution in [2.45, 2.75) is 52.6 Å². The molecule has 4 nitrogen and oxygen atoms in total. The molecule has 0 spiro atoms. The minimum absolute atomic E-state index is 0.0712. The Labute approximate surface area is 173 Å². The van der Waals surface area contributed by atoms with E-state index in [-0.39, 0.29) is 5.41 Å². The Balaban J connectivity index is 1.95. The van der Waals surface area contributed by atoms with Crippen molar-refractivity contribution >= 4 is 28.2 Å². The van der Waals surface area contributed by atoms with E-state index in [0.717, 1.165) is 22.1 Å². The highest BCUT2D eigenvalue weighted by Crippen LogP contribution is 2.27. The van der Waals surface area contributed by atoms with Crippen molar-refractivity contribution in [3.8, 4) is 0 Å². The zero-order chi connectivity index (χ0) is 21.2. The minimum atomic E-state index is -0.593. The fourth-order valence-corrected chi connectivity index (χ4v) is 3.01. The quantitative estimate of drug-likeness (QED) is 0.494. The zero-order valence-corrected chi connectivity index (χ0v) is 18.1. The van der Waals surface area contributed by atoms with Crippen LogP contribution < -0.4 is 10.4 Å². The van der Waals surface area contributed by atoms with Crippen molar-refractivity contribution < 1.29 is 9.53 Å². The molecular weight excluding hydrogens is 360 g/mol. The summed E-state index contributed by atoms with van der Waals surface area (Å²) >= 11 is 0. The Kier molecular flexibility index (Phi) is 5.56. The average Bonchev–Trinajstić information content (AvgIpc) is 2.64. The number of hydrazine groups is 1. The first kappa shape index (κ1) is 20.7. The number of carbonyl (C=O) groups excluding carboxylic acids is 1. The molecule has 3 rings (SSSR count). The van der Waals surface area contributed by atoms with Crippen LogP contribution in [0.5, 0.6) is 0 Å². The highest BCUT2D eigenvalue weighted by Gasteiger charge is 2.24. The van der Waals surface area contributed by atoms with Gasteiger partial charge in [0.2, 0.25) is 0 Å². The van der Waals surface area contributed by atoms with Gasteiger partial charge < -0.3 is 4.74 Å². The second kappa shape index (κ2) is 7.78. The minimum Gasteiger partial charge on any atom is -0.442 e. The summed E-state index contributed by atoms with van der Waals surface area (Å²) in [6.45, 7) is 12.1. The normalized spacial score (nSPS) is 11.9. The highest BCUT2D eigenvalue weighted by atomic mass is 16.6. The predicted molar refractivity (Wildman–Crippen MR) is 121 cm³/mol. The molecule has 1 N–H and O–H groups in total. The first-order chi connectivity index (χ1) is 13.5. The van der Waals surface area contributed by atoms with Crippen LogP contribution in [-0.2, 0) is 10.2 Å². The summed E-state index contributed by atoms with van der Waals surface area (Å²) < 4.78 is 5.64. The maximum absolute atomic E-state index is 13.0. The number of benzene rings is 3. The van der Waals surface area contributed by atoms with E-state index >= 15 is 0 Å². The summed E-state index contributed by atoms with van der Waals surface area (Å²) in [5.74, 6) is 0. The van der Waals surface area contributed by atoms with Crippen LogP contribution in [0.15, 0.2) is 66.7 Å². The van der Waals surface area contributed by atoms with Crippen LogP contribution in [0, 0.1) is 0 Å². The van der Waals surface area contributed by atoms with E-state index < -0.39 is 11.7 Å². The lowest BCUT2D eigenvalue weighted by Crippen LogP contribution is -2.40. The Morgan fingerprint density at radius 2 is 1.45 bits per heavy atom. The number of hydrogen-bond donors (Lipinski definition) is 1. The summed E-state index contributed by atoms with van der Waals surface area (Å²) in [6, 6.07) is 22.1. The van der Waals surface area contributed by atoms with E-state index in [4.69, 9.17) is 4.74 Å². The molecule has 1 amide bonds. The van der Waals surface area contributed by atoms with Crippen molar-refractivity contribution in [3.05, 3.63) is 72.3 Å². The fourth-order valence-electron chi connectivity index (χ4n) is 3.01. The van der Waals surface area contributed by atoms with Crippen LogP contribution in [0.25, 0.3) is 10.8 Å². The third-order valence-corrected chi connectivity index (χ3v) is 4.56. The topological polar surface area (TPSA) is 41.6 Å². The van der Waals surface area contributed by atoms with Crippen LogP contribution in [0.2, 0.25) is 0 Å². The Hall–Kier alpha value is -3.01. The number of amides is 1. The third-order valence-electron chi connectivity index (χ3n) is 4.56. The third kappa shape index (κ3) is 5.29. The molecular formula is C25H30N2O2. The van der Waals surface area contributed by atoms with Crippen molar-refractivity contribution in [1.29, 1.82) is 0 Å². The molecule has 4 heteroatoms. The molecule has 0 atom stereocenters. The Morgan fingerprint density at radius 3 is 2.03 bits per heavy atom. The second-order valence-corrected chi connectivity index (χ2v) is 9.29. The van der Waals surface area contributed by atoms with Crippen LogP contribution >= 0.6 is 0 Å². The van der Waals surface area contributed by atoms with E-state index in [2.05, 4.69) is 44.4 Å². The molecule has 0 bridgehead atoms. The molecule has 0 radical (unpaired) electrons. The van der Waals surface area contributed by atoms with Gasteiger partial charge in [0, 0.05) is 0 Å². The van der Waals surface area contributed by atoms with E-state index in [1.54, 1.807) is 0 Å². The monoisotopic (exact) mass is 390 g/mol. The number of nitrogens with one attached hydrogen (secondary N) is 1. The van der Waals surface area contributed by atoms with Gasteiger partial charge in [0.1, 0.15) is 5.60 Å². The maximum Gasteiger partial charge on any atom is 0.433 e. The summed E-state index contributed by atoms with van der Waals surface area (Å²) in [6.07, 6.45) is -0.451. The lowest BCUT2D eigenvalue weighted by molar-refractivity contribution is 0.0589. The van der Waals surface area contributed by atoms with E-state index in [9.17, 15) is 4.79 Å². The number of fused-ring (bicyclic) bond motifs is 1. The first-order valence-corrected chi connectivity index (χ1v) is 9.92. The molecule has 0 aromatic heterocycles. The molecule has 0 aliphatic rings. The molecule has 0 aliphatic carbocycles. The lowest BCUT2D eigenvalue weighted by Gasteiger charge is -2.29. The first-order valence-electron chi connectivity index (χ1n) is 9.92. The second-order valence-electron chi connectivity index (χ2n) is 9.29. The SMILES string of the molecule is CC(C)(C)OC(=O)N(Nc1ccc(C(C)(C)C)cc1)c1ccc2ccccc2c1. The van der Waals surface area contributed by atoms with Gasteiger partial charge in [0.25, 0.3) is 0 Å². The van der Waals surface area contributed by atoms with E-state index in [1.165, 1.54) is 10.6 Å². The smallest absolute Gasteiger partial charge is 0.433 e. The van der Waals surface area contributed by atoms with Gasteiger partial charge in [0.05, 0.1) is 11.4 Å². The van der Waals surface area contributed by atoms with E-state index in [0.29, 0.717) is 0 Å². The van der Waals surface area contributed by atoms with Crippen LogP contribution in [0.1, 0.15) is 47.1 Å². The Bertz CT molecular complexity index is 996. The Morgan fingerprint density at radius 1 is 0.828 bits per heavy atom. The number of ether oxygens (including phenoxy) is 1. The molecule has 3 aromatic carbocycles. The molecule has 3 aromatic rings. The van der Waals surface area contributed by atoms with Crippen molar-refractivity contribution in [1.82, 2.24) is 0 Å². The van der Waals surface area contributed by atoms with Gasteiger partial charge in [-0.1, -0.05) is 63.2 Å². The summed E-state index contributed by atoms with van der Waals surface area (Å²) in [4.78, 5) is 13.0. The largest absolute Gasteiger partial charge is 0.442 e. The molecule has 29 heavy (non-hydrogen) atoms. The van der Waals surface area contributed by atoms with Crippen molar-refractivity contribution in [3.63, 3.8) is 0 Å². The predicted octanol–water partition coefficient (Wildman–Crippen LogP) is 6.91. The lowest BCUT2D eigenvalue weighted by atomic mass is 9.87. The highest BCUT2D eigenvalue weighted by molar-refractivity contribution is 5.94. The summed E-state index contributed by atoms with van der Waals surface area (Å²) in [5, 5.41) is 3.64. The van der Waals surface area contributed by atoms with Gasteiger partial charge >= 0.3 is 6.09 Å². The fraction of sp³-hybridized carbons (Fsp3) is 0.320. The van der Waals surface area contributed by atoms with Gasteiger partial charge in [-0.25, -0.2) is 4.79 Å². The van der Waals surface area contributed by atoms with Crippen molar-refractivity contribution in [2.24, 2.45) is 0 Å². The number of carbonyl (C=O) groups is 1. The van der Waals surface area contributed by atoms with Crippen LogP contribution in [0.4, 0.5) is 16.2 Å². The number of nitrogens with zero attached hydrogens (tertiary/aromatic N) is 1. The zero-order valence-electron chi connectivity index (χ0n) is 18.1. The molecule has 0 aliphatic heterocycles. The van der Waals surface area contributed by atoms with Gasteiger partial charge in [-0.3, -0.25) is 5.43 Å². The average molecular weight is 391 g/mol. The maximum atomic E-state index is 13.0. The number of anilines is 2. The molecule has 0 heterocycles. The summed E-state index contributed by atoms with van der Waals surface area (Å²) in [5.41, 5.74) is 5.47. The van der Waals surface area contributed by atoms with Gasteiger partial charge in [-0.15, -0.1) is 0 Å². The number of rotatable bonds is 3. The standard InChI is InChI=1S/C25H30N2O2/c1-24(2,3)20-12-14-21(15-13-20)26-27(23(28)29-25(4,5)6)22-16-11-18-9-7-8-10-19(18)17-22/h7-17,26H,1-6H3. The molecule has 152 valence electrons. The summed E-state index contributed by atoms with van der Waals surface area (Å²) in [7, 11) is 0.